The largest absolute Gasteiger partial charge is 0.573 e. The van der Waals surface area contributed by atoms with Gasteiger partial charge < -0.3 is 19.6 Å². The third-order valence-corrected chi connectivity index (χ3v) is 4.16. The minimum absolute atomic E-state index is 0.0610. The van der Waals surface area contributed by atoms with Crippen LogP contribution in [0.5, 0.6) is 5.75 Å². The third-order valence-electron chi connectivity index (χ3n) is 4.16. The monoisotopic (exact) mass is 388 g/mol. The van der Waals surface area contributed by atoms with Gasteiger partial charge in [0.1, 0.15) is 5.75 Å². The highest BCUT2D eigenvalue weighted by Gasteiger charge is 2.32. The smallest absolute Gasteiger partial charge is 0.481 e. The van der Waals surface area contributed by atoms with Crippen molar-refractivity contribution in [1.29, 1.82) is 0 Å². The maximum Gasteiger partial charge on any atom is 0.573 e. The molecule has 2 rings (SSSR count). The number of alkyl halides is 3. The summed E-state index contributed by atoms with van der Waals surface area (Å²) >= 11 is 0. The Kier molecular flexibility index (Phi) is 6.29. The molecule has 0 radical (unpaired) electrons. The Balaban J connectivity index is 2.00. The van der Waals surface area contributed by atoms with Gasteiger partial charge in [0, 0.05) is 25.7 Å². The number of carbonyl (C=O) groups excluding carboxylic acids is 2. The number of nitrogens with zero attached hydrogens (tertiary/aromatic N) is 2. The van der Waals surface area contributed by atoms with Crippen molar-refractivity contribution in [2.45, 2.75) is 19.2 Å². The number of amides is 2. The molecule has 1 aromatic carbocycles. The summed E-state index contributed by atoms with van der Waals surface area (Å²) in [6, 6.07) is 4.56. The van der Waals surface area contributed by atoms with Crippen molar-refractivity contribution < 1.29 is 37.4 Å². The van der Waals surface area contributed by atoms with Gasteiger partial charge in [0.25, 0.3) is 5.91 Å². The number of hydrogen-bond acceptors (Lipinski definition) is 4. The topological polar surface area (TPSA) is 87.2 Å². The summed E-state index contributed by atoms with van der Waals surface area (Å²) in [6.45, 7) is 0.167. The summed E-state index contributed by atoms with van der Waals surface area (Å²) in [7, 11) is 1.34. The molecule has 1 unspecified atom stereocenters. The van der Waals surface area contributed by atoms with Crippen LogP contribution in [0.2, 0.25) is 0 Å². The first-order chi connectivity index (χ1) is 12.6. The quantitative estimate of drug-likeness (QED) is 0.834. The Morgan fingerprint density at radius 1 is 1.33 bits per heavy atom. The van der Waals surface area contributed by atoms with Crippen molar-refractivity contribution in [3.8, 4) is 5.75 Å². The number of halogens is 3. The second-order valence-electron chi connectivity index (χ2n) is 6.25. The maximum absolute atomic E-state index is 12.4. The SMILES string of the molecule is CN(CC(=O)N1CCCC(C(=O)O)C1)C(=O)c1cccc(OC(F)(F)F)c1. The molecular weight excluding hydrogens is 369 g/mol. The fraction of sp³-hybridized carbons (Fsp3) is 0.471. The fourth-order valence-corrected chi connectivity index (χ4v) is 2.83. The van der Waals surface area contributed by atoms with Crippen LogP contribution >= 0.6 is 0 Å². The second-order valence-corrected chi connectivity index (χ2v) is 6.25. The van der Waals surface area contributed by atoms with Crippen molar-refractivity contribution in [1.82, 2.24) is 9.80 Å². The lowest BCUT2D eigenvalue weighted by Crippen LogP contribution is -2.46. The summed E-state index contributed by atoms with van der Waals surface area (Å²) in [5.41, 5.74) is -0.0610. The summed E-state index contributed by atoms with van der Waals surface area (Å²) in [4.78, 5) is 38.2. The van der Waals surface area contributed by atoms with Crippen LogP contribution in [-0.2, 0) is 9.59 Å². The number of hydrogen-bond donors (Lipinski definition) is 1. The van der Waals surface area contributed by atoms with Gasteiger partial charge in [0.05, 0.1) is 12.5 Å². The molecule has 1 aromatic rings. The molecule has 0 aromatic heterocycles. The standard InChI is InChI=1S/C17H19F3N2O5/c1-21(10-14(23)22-7-3-5-12(9-22)16(25)26)15(24)11-4-2-6-13(8-11)27-17(18,19)20/h2,4,6,8,12H,3,5,7,9-10H2,1H3,(H,25,26). The van der Waals surface area contributed by atoms with Gasteiger partial charge in [-0.25, -0.2) is 0 Å². The van der Waals surface area contributed by atoms with E-state index in [4.69, 9.17) is 5.11 Å². The summed E-state index contributed by atoms with van der Waals surface area (Å²) < 4.78 is 40.6. The maximum atomic E-state index is 12.4. The molecule has 10 heteroatoms. The zero-order chi connectivity index (χ0) is 20.2. The van der Waals surface area contributed by atoms with Crippen LogP contribution in [0.1, 0.15) is 23.2 Å². The zero-order valence-electron chi connectivity index (χ0n) is 14.5. The van der Waals surface area contributed by atoms with Gasteiger partial charge in [-0.3, -0.25) is 14.4 Å². The van der Waals surface area contributed by atoms with Crippen LogP contribution in [0.3, 0.4) is 0 Å². The normalized spacial score (nSPS) is 17.3. The second kappa shape index (κ2) is 8.28. The first-order valence-electron chi connectivity index (χ1n) is 8.18. The Labute approximate surface area is 153 Å². The van der Waals surface area contributed by atoms with E-state index in [1.807, 2.05) is 0 Å². The molecule has 0 saturated carbocycles. The van der Waals surface area contributed by atoms with E-state index in [1.165, 1.54) is 24.1 Å². The van der Waals surface area contributed by atoms with E-state index in [0.29, 0.717) is 19.4 Å². The molecular formula is C17H19F3N2O5. The molecule has 1 aliphatic heterocycles. The summed E-state index contributed by atoms with van der Waals surface area (Å²) in [6.07, 6.45) is -3.84. The van der Waals surface area contributed by atoms with E-state index in [1.54, 1.807) is 0 Å². The van der Waals surface area contributed by atoms with Crippen LogP contribution < -0.4 is 4.74 Å². The van der Waals surface area contributed by atoms with E-state index >= 15 is 0 Å². The molecule has 0 aliphatic carbocycles. The Hall–Kier alpha value is -2.78. The number of ether oxygens (including phenoxy) is 1. The summed E-state index contributed by atoms with van der Waals surface area (Å²) in [5.74, 6) is -3.21. The number of piperidine rings is 1. The average molecular weight is 388 g/mol. The lowest BCUT2D eigenvalue weighted by Gasteiger charge is -2.32. The van der Waals surface area contributed by atoms with Crippen molar-refractivity contribution in [3.05, 3.63) is 29.8 Å². The van der Waals surface area contributed by atoms with Gasteiger partial charge >= 0.3 is 12.3 Å². The fourth-order valence-electron chi connectivity index (χ4n) is 2.83. The van der Waals surface area contributed by atoms with Crippen LogP contribution in [0, 0.1) is 5.92 Å². The van der Waals surface area contributed by atoms with E-state index in [9.17, 15) is 27.6 Å². The predicted molar refractivity (Wildman–Crippen MR) is 87.0 cm³/mol. The van der Waals surface area contributed by atoms with Crippen molar-refractivity contribution in [2.75, 3.05) is 26.7 Å². The molecule has 1 fully saturated rings. The highest BCUT2D eigenvalue weighted by Crippen LogP contribution is 2.24. The molecule has 27 heavy (non-hydrogen) atoms. The van der Waals surface area contributed by atoms with Crippen molar-refractivity contribution >= 4 is 17.8 Å². The molecule has 1 aliphatic rings. The van der Waals surface area contributed by atoms with Crippen LogP contribution in [0.15, 0.2) is 24.3 Å². The number of aliphatic carboxylic acids is 1. The van der Waals surface area contributed by atoms with Crippen LogP contribution in [0.4, 0.5) is 13.2 Å². The lowest BCUT2D eigenvalue weighted by molar-refractivity contribution is -0.274. The minimum atomic E-state index is -4.88. The number of carbonyl (C=O) groups is 3. The Bertz CT molecular complexity index is 723. The third kappa shape index (κ3) is 5.87. The predicted octanol–water partition coefficient (Wildman–Crippen LogP) is 1.98. The van der Waals surface area contributed by atoms with Crippen LogP contribution in [0.25, 0.3) is 0 Å². The average Bonchev–Trinajstić information content (AvgIpc) is 2.59. The van der Waals surface area contributed by atoms with Gasteiger partial charge in [-0.1, -0.05) is 6.07 Å². The van der Waals surface area contributed by atoms with E-state index in [-0.39, 0.29) is 18.7 Å². The Morgan fingerprint density at radius 3 is 2.67 bits per heavy atom. The summed E-state index contributed by atoms with van der Waals surface area (Å²) in [5, 5.41) is 9.07. The van der Waals surface area contributed by atoms with E-state index < -0.39 is 35.8 Å². The first kappa shape index (κ1) is 20.5. The highest BCUT2D eigenvalue weighted by atomic mass is 19.4. The lowest BCUT2D eigenvalue weighted by atomic mass is 9.98. The van der Waals surface area contributed by atoms with E-state index in [0.717, 1.165) is 17.0 Å². The molecule has 1 atom stereocenters. The number of benzene rings is 1. The minimum Gasteiger partial charge on any atom is -0.481 e. The number of carboxylic acids is 1. The van der Waals surface area contributed by atoms with Crippen LogP contribution in [-0.4, -0.2) is 65.7 Å². The van der Waals surface area contributed by atoms with Gasteiger partial charge in [-0.05, 0) is 31.0 Å². The molecule has 0 spiro atoms. The number of carboxylic acid groups (broad SMARTS) is 1. The molecule has 1 saturated heterocycles. The molecule has 7 nitrogen and oxygen atoms in total. The number of rotatable bonds is 5. The van der Waals surface area contributed by atoms with E-state index in [2.05, 4.69) is 4.74 Å². The highest BCUT2D eigenvalue weighted by molar-refractivity contribution is 5.96. The number of likely N-dealkylation sites (tertiary alicyclic amines) is 1. The molecule has 148 valence electrons. The van der Waals surface area contributed by atoms with Crippen molar-refractivity contribution in [3.63, 3.8) is 0 Å². The first-order valence-corrected chi connectivity index (χ1v) is 8.18. The van der Waals surface area contributed by atoms with Gasteiger partial charge in [0.15, 0.2) is 0 Å². The molecule has 0 bridgehead atoms. The molecule has 1 N–H and O–H groups in total. The Morgan fingerprint density at radius 2 is 2.04 bits per heavy atom. The van der Waals surface area contributed by atoms with Gasteiger partial charge in [0.2, 0.25) is 5.91 Å². The molecule has 1 heterocycles. The van der Waals surface area contributed by atoms with Gasteiger partial charge in [-0.15, -0.1) is 13.2 Å². The zero-order valence-corrected chi connectivity index (χ0v) is 14.5. The number of likely N-dealkylation sites (N-methyl/N-ethyl adjacent to an activating group) is 1. The van der Waals surface area contributed by atoms with Gasteiger partial charge in [-0.2, -0.15) is 0 Å². The van der Waals surface area contributed by atoms with Crippen molar-refractivity contribution in [2.24, 2.45) is 5.92 Å². The molecule has 2 amide bonds.